The zero-order chi connectivity index (χ0) is 17.8. The average molecular weight is 342 g/mol. The predicted octanol–water partition coefficient (Wildman–Crippen LogP) is 2.23. The van der Waals surface area contributed by atoms with Crippen LogP contribution in [0.5, 0.6) is 11.5 Å². The van der Waals surface area contributed by atoms with E-state index in [2.05, 4.69) is 0 Å². The van der Waals surface area contributed by atoms with Gasteiger partial charge in [-0.25, -0.2) is 0 Å². The molecule has 1 saturated heterocycles. The first-order valence-electron chi connectivity index (χ1n) is 8.31. The minimum Gasteiger partial charge on any atom is -0.493 e. The second-order valence-corrected chi connectivity index (χ2v) is 6.03. The van der Waals surface area contributed by atoms with Gasteiger partial charge in [0.2, 0.25) is 5.91 Å². The van der Waals surface area contributed by atoms with Gasteiger partial charge in [-0.05, 0) is 36.6 Å². The summed E-state index contributed by atoms with van der Waals surface area (Å²) in [5, 5.41) is 0. The number of pyridine rings is 1. The second-order valence-electron chi connectivity index (χ2n) is 6.03. The van der Waals surface area contributed by atoms with Crippen molar-refractivity contribution in [2.45, 2.75) is 25.4 Å². The standard InChI is InChI=1S/C19H22N2O4/c1-24-16-9-8-14(12-17(16)25-2)15-6-5-11-21(15)19(23)13-20-10-4-3-7-18(20)22/h3-4,7-10,12,15H,5-6,11,13H2,1-2H3/t15-/m0/s1. The number of nitrogens with zero attached hydrogens (tertiary/aromatic N) is 2. The normalized spacial score (nSPS) is 16.7. The number of hydrogen-bond donors (Lipinski definition) is 0. The van der Waals surface area contributed by atoms with E-state index in [9.17, 15) is 9.59 Å². The Bertz CT molecular complexity index is 815. The summed E-state index contributed by atoms with van der Waals surface area (Å²) < 4.78 is 12.1. The number of carbonyl (C=O) groups excluding carboxylic acids is 1. The molecular formula is C19H22N2O4. The molecule has 6 heteroatoms. The average Bonchev–Trinajstić information content (AvgIpc) is 3.13. The number of amides is 1. The third-order valence-corrected chi connectivity index (χ3v) is 4.57. The molecule has 6 nitrogen and oxygen atoms in total. The van der Waals surface area contributed by atoms with Crippen molar-refractivity contribution in [1.29, 1.82) is 0 Å². The summed E-state index contributed by atoms with van der Waals surface area (Å²) in [5.74, 6) is 1.27. The lowest BCUT2D eigenvalue weighted by atomic mass is 10.0. The van der Waals surface area contributed by atoms with E-state index in [1.807, 2.05) is 23.1 Å². The smallest absolute Gasteiger partial charge is 0.250 e. The molecule has 2 heterocycles. The first kappa shape index (κ1) is 17.1. The maximum absolute atomic E-state index is 12.7. The van der Waals surface area contributed by atoms with Crippen LogP contribution >= 0.6 is 0 Å². The minimum atomic E-state index is -0.169. The van der Waals surface area contributed by atoms with Gasteiger partial charge in [0, 0.05) is 18.8 Å². The van der Waals surface area contributed by atoms with Crippen molar-refractivity contribution in [3.8, 4) is 11.5 Å². The topological polar surface area (TPSA) is 60.8 Å². The van der Waals surface area contributed by atoms with E-state index in [1.165, 1.54) is 10.6 Å². The Morgan fingerprint density at radius 2 is 1.96 bits per heavy atom. The van der Waals surface area contributed by atoms with Gasteiger partial charge in [-0.3, -0.25) is 9.59 Å². The van der Waals surface area contributed by atoms with Crippen LogP contribution in [0, 0.1) is 0 Å². The second kappa shape index (κ2) is 7.42. The fourth-order valence-electron chi connectivity index (χ4n) is 3.30. The molecule has 1 aromatic heterocycles. The third kappa shape index (κ3) is 3.52. The van der Waals surface area contributed by atoms with Crippen LogP contribution in [0.3, 0.4) is 0 Å². The van der Waals surface area contributed by atoms with Gasteiger partial charge in [-0.2, -0.15) is 0 Å². The van der Waals surface area contributed by atoms with E-state index in [0.29, 0.717) is 18.0 Å². The van der Waals surface area contributed by atoms with Gasteiger partial charge in [0.1, 0.15) is 6.54 Å². The molecule has 0 spiro atoms. The molecule has 0 aliphatic carbocycles. The molecule has 25 heavy (non-hydrogen) atoms. The minimum absolute atomic E-state index is 0.00767. The fraction of sp³-hybridized carbons (Fsp3) is 0.368. The van der Waals surface area contributed by atoms with Crippen molar-refractivity contribution in [3.63, 3.8) is 0 Å². The van der Waals surface area contributed by atoms with Crippen LogP contribution < -0.4 is 15.0 Å². The van der Waals surface area contributed by atoms with Crippen LogP contribution in [0.2, 0.25) is 0 Å². The summed E-state index contributed by atoms with van der Waals surface area (Å²) in [4.78, 5) is 26.4. The molecule has 1 amide bonds. The molecule has 132 valence electrons. The maximum atomic E-state index is 12.7. The maximum Gasteiger partial charge on any atom is 0.250 e. The Labute approximate surface area is 146 Å². The first-order valence-corrected chi connectivity index (χ1v) is 8.31. The van der Waals surface area contributed by atoms with E-state index < -0.39 is 0 Å². The van der Waals surface area contributed by atoms with Crippen molar-refractivity contribution >= 4 is 5.91 Å². The number of rotatable bonds is 5. The van der Waals surface area contributed by atoms with Gasteiger partial charge in [-0.15, -0.1) is 0 Å². The quantitative estimate of drug-likeness (QED) is 0.836. The fourth-order valence-corrected chi connectivity index (χ4v) is 3.30. The Balaban J connectivity index is 1.82. The number of benzene rings is 1. The Morgan fingerprint density at radius 1 is 1.16 bits per heavy atom. The molecule has 1 aliphatic rings. The van der Waals surface area contributed by atoms with E-state index in [0.717, 1.165) is 18.4 Å². The molecule has 0 radical (unpaired) electrons. The molecule has 2 aromatic rings. The summed E-state index contributed by atoms with van der Waals surface area (Å²) in [5.41, 5.74) is 0.849. The molecule has 1 aliphatic heterocycles. The van der Waals surface area contributed by atoms with Gasteiger partial charge in [0.15, 0.2) is 11.5 Å². The van der Waals surface area contributed by atoms with Crippen LogP contribution in [0.15, 0.2) is 47.4 Å². The number of methoxy groups -OCH3 is 2. The van der Waals surface area contributed by atoms with Crippen molar-refractivity contribution in [2.24, 2.45) is 0 Å². The lowest BCUT2D eigenvalue weighted by molar-refractivity contribution is -0.132. The Morgan fingerprint density at radius 3 is 2.68 bits per heavy atom. The molecule has 0 N–H and O–H groups in total. The monoisotopic (exact) mass is 342 g/mol. The number of likely N-dealkylation sites (tertiary alicyclic amines) is 1. The van der Waals surface area contributed by atoms with Crippen LogP contribution in [-0.2, 0) is 11.3 Å². The number of carbonyl (C=O) groups is 1. The molecule has 0 unspecified atom stereocenters. The molecule has 0 saturated carbocycles. The Hall–Kier alpha value is -2.76. The number of hydrogen-bond acceptors (Lipinski definition) is 4. The van der Waals surface area contributed by atoms with Crippen molar-refractivity contribution in [2.75, 3.05) is 20.8 Å². The van der Waals surface area contributed by atoms with Crippen molar-refractivity contribution in [3.05, 3.63) is 58.5 Å². The van der Waals surface area contributed by atoms with Crippen LogP contribution in [0.1, 0.15) is 24.4 Å². The zero-order valence-corrected chi connectivity index (χ0v) is 14.5. The van der Waals surface area contributed by atoms with E-state index in [1.54, 1.807) is 32.5 Å². The molecular weight excluding hydrogens is 320 g/mol. The Kier molecular flexibility index (Phi) is 5.07. The highest BCUT2D eigenvalue weighted by molar-refractivity contribution is 5.77. The van der Waals surface area contributed by atoms with Gasteiger partial charge in [-0.1, -0.05) is 12.1 Å². The summed E-state index contributed by atoms with van der Waals surface area (Å²) in [7, 11) is 3.20. The van der Waals surface area contributed by atoms with E-state index >= 15 is 0 Å². The molecule has 1 aromatic carbocycles. The summed E-state index contributed by atoms with van der Waals surface area (Å²) in [6, 6.07) is 10.6. The predicted molar refractivity (Wildman–Crippen MR) is 93.9 cm³/mol. The zero-order valence-electron chi connectivity index (χ0n) is 14.5. The van der Waals surface area contributed by atoms with Crippen LogP contribution in [0.4, 0.5) is 0 Å². The SMILES string of the molecule is COc1ccc([C@@H]2CCCN2C(=O)Cn2ccccc2=O)cc1OC. The lowest BCUT2D eigenvalue weighted by Crippen LogP contribution is -2.35. The van der Waals surface area contributed by atoms with E-state index in [-0.39, 0.29) is 24.1 Å². The highest BCUT2D eigenvalue weighted by Crippen LogP contribution is 2.36. The van der Waals surface area contributed by atoms with Gasteiger partial charge in [0.05, 0.1) is 20.3 Å². The highest BCUT2D eigenvalue weighted by atomic mass is 16.5. The summed E-state index contributed by atoms with van der Waals surface area (Å²) in [6.07, 6.45) is 3.47. The summed E-state index contributed by atoms with van der Waals surface area (Å²) in [6.45, 7) is 0.753. The lowest BCUT2D eigenvalue weighted by Gasteiger charge is -2.26. The number of aromatic nitrogens is 1. The van der Waals surface area contributed by atoms with Gasteiger partial charge >= 0.3 is 0 Å². The molecule has 1 atom stereocenters. The molecule has 0 bridgehead atoms. The van der Waals surface area contributed by atoms with Crippen LogP contribution in [0.25, 0.3) is 0 Å². The summed E-state index contributed by atoms with van der Waals surface area (Å²) >= 11 is 0. The largest absolute Gasteiger partial charge is 0.493 e. The van der Waals surface area contributed by atoms with Gasteiger partial charge < -0.3 is 18.9 Å². The van der Waals surface area contributed by atoms with Crippen molar-refractivity contribution < 1.29 is 14.3 Å². The van der Waals surface area contributed by atoms with E-state index in [4.69, 9.17) is 9.47 Å². The molecule has 3 rings (SSSR count). The third-order valence-electron chi connectivity index (χ3n) is 4.57. The number of ether oxygens (including phenoxy) is 2. The van der Waals surface area contributed by atoms with Crippen LogP contribution in [-0.4, -0.2) is 36.1 Å². The highest BCUT2D eigenvalue weighted by Gasteiger charge is 2.30. The molecule has 1 fully saturated rings. The first-order chi connectivity index (χ1) is 12.1. The van der Waals surface area contributed by atoms with Crippen molar-refractivity contribution in [1.82, 2.24) is 9.47 Å². The van der Waals surface area contributed by atoms with Gasteiger partial charge in [0.25, 0.3) is 5.56 Å².